The maximum absolute atomic E-state index is 12.0. The summed E-state index contributed by atoms with van der Waals surface area (Å²) in [5.74, 6) is 0.195. The lowest BCUT2D eigenvalue weighted by molar-refractivity contribution is 0.0381. The smallest absolute Gasteiger partial charge is 0.342 e. The van der Waals surface area contributed by atoms with Gasteiger partial charge in [0.05, 0.1) is 6.61 Å². The van der Waals surface area contributed by atoms with Crippen LogP contribution in [0.5, 0.6) is 5.75 Å². The Morgan fingerprint density at radius 2 is 1.95 bits per heavy atom. The molecule has 1 aliphatic heterocycles. The molecule has 1 saturated heterocycles. The van der Waals surface area contributed by atoms with Crippen molar-refractivity contribution in [2.24, 2.45) is 0 Å². The molecule has 0 bridgehead atoms. The molecule has 1 aromatic rings. The Morgan fingerprint density at radius 3 is 2.70 bits per heavy atom. The Kier molecular flexibility index (Phi) is 5.83. The summed E-state index contributed by atoms with van der Waals surface area (Å²) in [7, 11) is 1.57. The van der Waals surface area contributed by atoms with Gasteiger partial charge in [-0.3, -0.25) is 4.90 Å². The second-order valence-electron chi connectivity index (χ2n) is 4.72. The normalized spacial score (nSPS) is 15.2. The number of rotatable bonds is 7. The van der Waals surface area contributed by atoms with E-state index in [2.05, 4.69) is 4.90 Å². The third-order valence-corrected chi connectivity index (χ3v) is 3.23. The van der Waals surface area contributed by atoms with Crippen LogP contribution in [0, 0.1) is 0 Å². The number of esters is 1. The van der Waals surface area contributed by atoms with Crippen LogP contribution in [0.2, 0.25) is 0 Å². The SMILES string of the molecule is COCCOC(=O)c1ccccc1OCN1CCCC1. The summed E-state index contributed by atoms with van der Waals surface area (Å²) in [4.78, 5) is 14.2. The minimum atomic E-state index is -0.376. The molecule has 0 saturated carbocycles. The van der Waals surface area contributed by atoms with Gasteiger partial charge in [0, 0.05) is 20.2 Å². The van der Waals surface area contributed by atoms with Crippen molar-refractivity contribution >= 4 is 5.97 Å². The summed E-state index contributed by atoms with van der Waals surface area (Å²) < 4.78 is 15.7. The standard InChI is InChI=1S/C15H21NO4/c1-18-10-11-19-15(17)13-6-2-3-7-14(13)20-12-16-8-4-5-9-16/h2-3,6-7H,4-5,8-12H2,1H3. The van der Waals surface area contributed by atoms with Crippen molar-refractivity contribution in [3.05, 3.63) is 29.8 Å². The predicted octanol–water partition coefficient (Wildman–Crippen LogP) is 1.92. The number of benzene rings is 1. The first-order chi connectivity index (χ1) is 9.81. The van der Waals surface area contributed by atoms with E-state index in [-0.39, 0.29) is 12.6 Å². The molecule has 110 valence electrons. The third kappa shape index (κ3) is 4.21. The van der Waals surface area contributed by atoms with E-state index in [4.69, 9.17) is 14.2 Å². The van der Waals surface area contributed by atoms with Gasteiger partial charge in [-0.05, 0) is 25.0 Å². The first-order valence-corrected chi connectivity index (χ1v) is 6.91. The molecule has 1 aromatic carbocycles. The van der Waals surface area contributed by atoms with E-state index >= 15 is 0 Å². The zero-order valence-electron chi connectivity index (χ0n) is 11.8. The van der Waals surface area contributed by atoms with Crippen LogP contribution in [0.15, 0.2) is 24.3 Å². The van der Waals surface area contributed by atoms with Crippen LogP contribution in [-0.2, 0) is 9.47 Å². The summed E-state index contributed by atoms with van der Waals surface area (Å²) in [5, 5.41) is 0. The molecule has 0 N–H and O–H groups in total. The highest BCUT2D eigenvalue weighted by Gasteiger charge is 2.16. The predicted molar refractivity (Wildman–Crippen MR) is 74.9 cm³/mol. The van der Waals surface area contributed by atoms with Crippen molar-refractivity contribution in [2.45, 2.75) is 12.8 Å². The Bertz CT molecular complexity index is 430. The molecular weight excluding hydrogens is 258 g/mol. The van der Waals surface area contributed by atoms with Gasteiger partial charge in [0.25, 0.3) is 0 Å². The zero-order valence-corrected chi connectivity index (χ0v) is 11.8. The summed E-state index contributed by atoms with van der Waals surface area (Å²) in [6.07, 6.45) is 2.42. The average Bonchev–Trinajstić information content (AvgIpc) is 2.99. The van der Waals surface area contributed by atoms with Crippen molar-refractivity contribution in [1.29, 1.82) is 0 Å². The number of likely N-dealkylation sites (tertiary alicyclic amines) is 1. The number of ether oxygens (including phenoxy) is 3. The van der Waals surface area contributed by atoms with Gasteiger partial charge in [-0.25, -0.2) is 4.79 Å². The van der Waals surface area contributed by atoms with Crippen LogP contribution in [0.25, 0.3) is 0 Å². The Balaban J connectivity index is 1.92. The Labute approximate surface area is 119 Å². The van der Waals surface area contributed by atoms with Gasteiger partial charge in [0.1, 0.15) is 24.7 Å². The molecule has 1 heterocycles. The van der Waals surface area contributed by atoms with Gasteiger partial charge in [0.2, 0.25) is 0 Å². The topological polar surface area (TPSA) is 48.0 Å². The van der Waals surface area contributed by atoms with Gasteiger partial charge >= 0.3 is 5.97 Å². The van der Waals surface area contributed by atoms with Crippen molar-refractivity contribution < 1.29 is 19.0 Å². The molecule has 5 nitrogen and oxygen atoms in total. The number of methoxy groups -OCH3 is 1. The van der Waals surface area contributed by atoms with Gasteiger partial charge < -0.3 is 14.2 Å². The maximum atomic E-state index is 12.0. The lowest BCUT2D eigenvalue weighted by atomic mass is 10.2. The lowest BCUT2D eigenvalue weighted by Gasteiger charge is -2.17. The summed E-state index contributed by atoms with van der Waals surface area (Å²) in [6, 6.07) is 7.16. The number of nitrogens with zero attached hydrogens (tertiary/aromatic N) is 1. The fourth-order valence-corrected chi connectivity index (χ4v) is 2.13. The molecule has 0 aromatic heterocycles. The summed E-state index contributed by atoms with van der Waals surface area (Å²) in [6.45, 7) is 3.27. The van der Waals surface area contributed by atoms with E-state index in [1.807, 2.05) is 6.07 Å². The maximum Gasteiger partial charge on any atom is 0.342 e. The number of carbonyl (C=O) groups excluding carboxylic acids is 1. The molecule has 5 heteroatoms. The lowest BCUT2D eigenvalue weighted by Crippen LogP contribution is -2.25. The van der Waals surface area contributed by atoms with Crippen LogP contribution in [-0.4, -0.2) is 51.0 Å². The Morgan fingerprint density at radius 1 is 1.20 bits per heavy atom. The summed E-state index contributed by atoms with van der Waals surface area (Å²) in [5.41, 5.74) is 0.461. The molecule has 0 radical (unpaired) electrons. The first-order valence-electron chi connectivity index (χ1n) is 6.91. The number of para-hydroxylation sites is 1. The fraction of sp³-hybridized carbons (Fsp3) is 0.533. The van der Waals surface area contributed by atoms with Crippen molar-refractivity contribution in [2.75, 3.05) is 40.1 Å². The molecule has 2 rings (SSSR count). The van der Waals surface area contributed by atoms with Gasteiger partial charge in [-0.15, -0.1) is 0 Å². The highest BCUT2D eigenvalue weighted by Crippen LogP contribution is 2.20. The minimum Gasteiger partial charge on any atom is -0.477 e. The van der Waals surface area contributed by atoms with Crippen LogP contribution >= 0.6 is 0 Å². The van der Waals surface area contributed by atoms with E-state index in [0.717, 1.165) is 13.1 Å². The van der Waals surface area contributed by atoms with Crippen LogP contribution in [0.1, 0.15) is 23.2 Å². The molecular formula is C15H21NO4. The van der Waals surface area contributed by atoms with E-state index in [1.54, 1.807) is 25.3 Å². The molecule has 0 amide bonds. The van der Waals surface area contributed by atoms with Crippen LogP contribution < -0.4 is 4.74 Å². The first kappa shape index (κ1) is 14.8. The van der Waals surface area contributed by atoms with Gasteiger partial charge in [-0.2, -0.15) is 0 Å². The highest BCUT2D eigenvalue weighted by molar-refractivity contribution is 5.92. The van der Waals surface area contributed by atoms with E-state index in [1.165, 1.54) is 12.8 Å². The fourth-order valence-electron chi connectivity index (χ4n) is 2.13. The van der Waals surface area contributed by atoms with Crippen LogP contribution in [0.3, 0.4) is 0 Å². The van der Waals surface area contributed by atoms with Crippen LogP contribution in [0.4, 0.5) is 0 Å². The highest BCUT2D eigenvalue weighted by atomic mass is 16.6. The molecule has 0 unspecified atom stereocenters. The van der Waals surface area contributed by atoms with E-state index < -0.39 is 0 Å². The summed E-state index contributed by atoms with van der Waals surface area (Å²) >= 11 is 0. The average molecular weight is 279 g/mol. The number of hydrogen-bond donors (Lipinski definition) is 0. The van der Waals surface area contributed by atoms with E-state index in [0.29, 0.717) is 24.7 Å². The molecule has 1 aliphatic rings. The molecule has 0 spiro atoms. The van der Waals surface area contributed by atoms with Crippen molar-refractivity contribution in [3.8, 4) is 5.75 Å². The largest absolute Gasteiger partial charge is 0.477 e. The van der Waals surface area contributed by atoms with Gasteiger partial charge in [-0.1, -0.05) is 12.1 Å². The monoisotopic (exact) mass is 279 g/mol. The molecule has 1 fully saturated rings. The second kappa shape index (κ2) is 7.87. The Hall–Kier alpha value is -1.59. The third-order valence-electron chi connectivity index (χ3n) is 3.23. The zero-order chi connectivity index (χ0) is 14.2. The second-order valence-corrected chi connectivity index (χ2v) is 4.72. The quantitative estimate of drug-likeness (QED) is 0.564. The van der Waals surface area contributed by atoms with Crippen molar-refractivity contribution in [1.82, 2.24) is 4.90 Å². The number of carbonyl (C=O) groups is 1. The van der Waals surface area contributed by atoms with Gasteiger partial charge in [0.15, 0.2) is 0 Å². The number of hydrogen-bond acceptors (Lipinski definition) is 5. The molecule has 0 aliphatic carbocycles. The van der Waals surface area contributed by atoms with E-state index in [9.17, 15) is 4.79 Å². The molecule has 0 atom stereocenters. The van der Waals surface area contributed by atoms with Crippen molar-refractivity contribution in [3.63, 3.8) is 0 Å². The minimum absolute atomic E-state index is 0.246. The molecule has 20 heavy (non-hydrogen) atoms.